The molecule has 0 atom stereocenters. The minimum atomic E-state index is -0.772. The fourth-order valence-electron chi connectivity index (χ4n) is 2.06. The van der Waals surface area contributed by atoms with Crippen molar-refractivity contribution in [2.24, 2.45) is 5.73 Å². The van der Waals surface area contributed by atoms with Crippen LogP contribution in [-0.2, 0) is 22.7 Å². The number of ether oxygens (including phenoxy) is 1. The van der Waals surface area contributed by atoms with Gasteiger partial charge in [0, 0.05) is 18.8 Å². The smallest absolute Gasteiger partial charge is 0.313 e. The van der Waals surface area contributed by atoms with Crippen LogP contribution in [0.25, 0.3) is 0 Å². The monoisotopic (exact) mass is 347 g/mol. The van der Waals surface area contributed by atoms with Crippen molar-refractivity contribution in [1.82, 2.24) is 5.32 Å². The predicted octanol–water partition coefficient (Wildman–Crippen LogP) is 2.06. The molecule has 0 unspecified atom stereocenters. The Bertz CT molecular complexity index is 750. The predicted molar refractivity (Wildman–Crippen MR) is 92.8 cm³/mol. The second kappa shape index (κ2) is 8.33. The van der Waals surface area contributed by atoms with Crippen LogP contribution >= 0.6 is 11.6 Å². The van der Waals surface area contributed by atoms with Crippen molar-refractivity contribution in [3.8, 4) is 5.75 Å². The quantitative estimate of drug-likeness (QED) is 0.722. The summed E-state index contributed by atoms with van der Waals surface area (Å²) < 4.78 is 5.03. The van der Waals surface area contributed by atoms with Gasteiger partial charge in [0.15, 0.2) is 0 Å². The van der Waals surface area contributed by atoms with Crippen LogP contribution in [0.15, 0.2) is 42.5 Å². The number of halogens is 1. The Morgan fingerprint density at radius 3 is 2.54 bits per heavy atom. The van der Waals surface area contributed by atoms with Crippen LogP contribution < -0.4 is 21.1 Å². The van der Waals surface area contributed by atoms with Gasteiger partial charge in [-0.05, 0) is 29.3 Å². The molecule has 4 N–H and O–H groups in total. The van der Waals surface area contributed by atoms with E-state index >= 15 is 0 Å². The fraction of sp³-hybridized carbons (Fsp3) is 0.176. The Morgan fingerprint density at radius 1 is 1.12 bits per heavy atom. The average molecular weight is 348 g/mol. The molecular formula is C17H18ClN3O3. The lowest BCUT2D eigenvalue weighted by Crippen LogP contribution is -2.35. The van der Waals surface area contributed by atoms with Gasteiger partial charge in [-0.1, -0.05) is 35.9 Å². The zero-order valence-corrected chi connectivity index (χ0v) is 13.9. The van der Waals surface area contributed by atoms with E-state index in [-0.39, 0.29) is 6.54 Å². The molecular weight excluding hydrogens is 330 g/mol. The number of amides is 2. The van der Waals surface area contributed by atoms with Gasteiger partial charge in [0.05, 0.1) is 12.1 Å². The van der Waals surface area contributed by atoms with Crippen molar-refractivity contribution >= 4 is 29.1 Å². The topological polar surface area (TPSA) is 93.4 Å². The van der Waals surface area contributed by atoms with Gasteiger partial charge in [-0.2, -0.15) is 0 Å². The molecule has 0 saturated carbocycles. The summed E-state index contributed by atoms with van der Waals surface area (Å²) in [6, 6.07) is 12.2. The van der Waals surface area contributed by atoms with Gasteiger partial charge in [-0.25, -0.2) is 0 Å². The van der Waals surface area contributed by atoms with Crippen LogP contribution in [-0.4, -0.2) is 18.9 Å². The summed E-state index contributed by atoms with van der Waals surface area (Å²) in [4.78, 5) is 23.8. The largest absolute Gasteiger partial charge is 0.495 e. The minimum absolute atomic E-state index is 0.240. The molecule has 2 rings (SSSR count). The number of benzene rings is 2. The lowest BCUT2D eigenvalue weighted by Gasteiger charge is -2.09. The Labute approximate surface area is 144 Å². The number of methoxy groups -OCH3 is 1. The third kappa shape index (κ3) is 4.71. The molecule has 6 nitrogen and oxygen atoms in total. The van der Waals surface area contributed by atoms with E-state index in [0.29, 0.717) is 23.0 Å². The summed E-state index contributed by atoms with van der Waals surface area (Å²) in [5.41, 5.74) is 7.80. The second-order valence-corrected chi connectivity index (χ2v) is 5.42. The third-order valence-electron chi connectivity index (χ3n) is 3.30. The molecule has 2 amide bonds. The Morgan fingerprint density at radius 2 is 1.88 bits per heavy atom. The van der Waals surface area contributed by atoms with Crippen LogP contribution in [0, 0.1) is 0 Å². The van der Waals surface area contributed by atoms with E-state index in [1.54, 1.807) is 12.1 Å². The molecule has 0 bridgehead atoms. The SMILES string of the molecule is COc1ccc(NC(=O)C(=O)NCc2cccc(CN)c2)cc1Cl. The van der Waals surface area contributed by atoms with E-state index in [4.69, 9.17) is 22.1 Å². The number of carbonyl (C=O) groups excluding carboxylic acids is 2. The van der Waals surface area contributed by atoms with Crippen LogP contribution in [0.4, 0.5) is 5.69 Å². The van der Waals surface area contributed by atoms with Crippen molar-refractivity contribution < 1.29 is 14.3 Å². The first kappa shape index (κ1) is 17.8. The van der Waals surface area contributed by atoms with Gasteiger partial charge in [-0.3, -0.25) is 9.59 Å². The second-order valence-electron chi connectivity index (χ2n) is 5.01. The summed E-state index contributed by atoms with van der Waals surface area (Å²) in [5, 5.41) is 5.38. The maximum atomic E-state index is 11.9. The lowest BCUT2D eigenvalue weighted by molar-refractivity contribution is -0.136. The highest BCUT2D eigenvalue weighted by molar-refractivity contribution is 6.39. The zero-order chi connectivity index (χ0) is 17.5. The molecule has 2 aromatic carbocycles. The molecule has 7 heteroatoms. The van der Waals surface area contributed by atoms with Crippen molar-refractivity contribution in [3.63, 3.8) is 0 Å². The van der Waals surface area contributed by atoms with Crippen LogP contribution in [0.1, 0.15) is 11.1 Å². The Balaban J connectivity index is 1.92. The number of nitrogens with two attached hydrogens (primary N) is 1. The summed E-state index contributed by atoms with van der Waals surface area (Å²) in [5.74, 6) is -1.02. The van der Waals surface area contributed by atoms with E-state index in [1.807, 2.05) is 24.3 Å². The highest BCUT2D eigenvalue weighted by Gasteiger charge is 2.14. The highest BCUT2D eigenvalue weighted by atomic mass is 35.5. The number of hydrogen-bond acceptors (Lipinski definition) is 4. The van der Waals surface area contributed by atoms with E-state index in [0.717, 1.165) is 11.1 Å². The van der Waals surface area contributed by atoms with Crippen molar-refractivity contribution in [2.45, 2.75) is 13.1 Å². The summed E-state index contributed by atoms with van der Waals surface area (Å²) in [6.45, 7) is 0.657. The number of hydrogen-bond donors (Lipinski definition) is 3. The molecule has 24 heavy (non-hydrogen) atoms. The molecule has 0 fully saturated rings. The number of nitrogens with one attached hydrogen (secondary N) is 2. The fourth-order valence-corrected chi connectivity index (χ4v) is 2.32. The van der Waals surface area contributed by atoms with E-state index in [9.17, 15) is 9.59 Å². The van der Waals surface area contributed by atoms with Crippen molar-refractivity contribution in [1.29, 1.82) is 0 Å². The highest BCUT2D eigenvalue weighted by Crippen LogP contribution is 2.27. The molecule has 2 aromatic rings. The maximum absolute atomic E-state index is 11.9. The number of rotatable bonds is 5. The minimum Gasteiger partial charge on any atom is -0.495 e. The van der Waals surface area contributed by atoms with Crippen molar-refractivity contribution in [2.75, 3.05) is 12.4 Å². The first-order valence-electron chi connectivity index (χ1n) is 7.24. The van der Waals surface area contributed by atoms with Gasteiger partial charge in [0.25, 0.3) is 0 Å². The molecule has 0 spiro atoms. The molecule has 126 valence electrons. The van der Waals surface area contributed by atoms with Gasteiger partial charge in [0.2, 0.25) is 0 Å². The van der Waals surface area contributed by atoms with Gasteiger partial charge in [-0.15, -0.1) is 0 Å². The van der Waals surface area contributed by atoms with Crippen molar-refractivity contribution in [3.05, 3.63) is 58.6 Å². The normalized spacial score (nSPS) is 10.1. The first-order chi connectivity index (χ1) is 11.5. The molecule has 0 heterocycles. The van der Waals surface area contributed by atoms with Gasteiger partial charge in [0.1, 0.15) is 5.75 Å². The third-order valence-corrected chi connectivity index (χ3v) is 3.59. The molecule has 0 radical (unpaired) electrons. The molecule has 0 aliphatic carbocycles. The summed E-state index contributed by atoms with van der Waals surface area (Å²) in [7, 11) is 1.49. The van der Waals surface area contributed by atoms with Gasteiger partial charge >= 0.3 is 11.8 Å². The van der Waals surface area contributed by atoms with Gasteiger partial charge < -0.3 is 21.1 Å². The first-order valence-corrected chi connectivity index (χ1v) is 7.62. The lowest BCUT2D eigenvalue weighted by atomic mass is 10.1. The van der Waals surface area contributed by atoms with Crippen LogP contribution in [0.5, 0.6) is 5.75 Å². The molecule has 0 saturated heterocycles. The molecule has 0 aromatic heterocycles. The Kier molecular flexibility index (Phi) is 6.17. The molecule has 0 aliphatic rings. The number of carbonyl (C=O) groups is 2. The summed E-state index contributed by atoms with van der Waals surface area (Å²) in [6.07, 6.45) is 0. The number of anilines is 1. The summed E-state index contributed by atoms with van der Waals surface area (Å²) >= 11 is 5.98. The van der Waals surface area contributed by atoms with E-state index in [1.165, 1.54) is 13.2 Å². The van der Waals surface area contributed by atoms with Crippen LogP contribution in [0.2, 0.25) is 5.02 Å². The standard InChI is InChI=1S/C17H18ClN3O3/c1-24-15-6-5-13(8-14(15)18)21-17(23)16(22)20-10-12-4-2-3-11(7-12)9-19/h2-8H,9-10,19H2,1H3,(H,20,22)(H,21,23). The van der Waals surface area contributed by atoms with Crippen LogP contribution in [0.3, 0.4) is 0 Å². The molecule has 0 aliphatic heterocycles. The van der Waals surface area contributed by atoms with E-state index < -0.39 is 11.8 Å². The Hall–Kier alpha value is -2.57. The van der Waals surface area contributed by atoms with E-state index in [2.05, 4.69) is 10.6 Å². The maximum Gasteiger partial charge on any atom is 0.313 e. The zero-order valence-electron chi connectivity index (χ0n) is 13.1. The average Bonchev–Trinajstić information content (AvgIpc) is 2.60.